The van der Waals surface area contributed by atoms with Crippen molar-refractivity contribution in [1.82, 2.24) is 9.88 Å². The number of rotatable bonds is 4. The summed E-state index contributed by atoms with van der Waals surface area (Å²) in [6, 6.07) is 12.9. The normalized spacial score (nSPS) is 20.5. The molecule has 4 rings (SSSR count). The highest BCUT2D eigenvalue weighted by molar-refractivity contribution is 7.15. The van der Waals surface area contributed by atoms with E-state index >= 15 is 0 Å². The van der Waals surface area contributed by atoms with E-state index in [-0.39, 0.29) is 5.41 Å². The lowest BCUT2D eigenvalue weighted by molar-refractivity contribution is 0.180. The molecule has 25 heavy (non-hydrogen) atoms. The predicted molar refractivity (Wildman–Crippen MR) is 102 cm³/mol. The van der Waals surface area contributed by atoms with E-state index in [0.717, 1.165) is 45.6 Å². The SMILES string of the molecule is N#CC1(c2ccccc2)CCN(Cc2cnc(N3CCCC3)s2)CC1. The molecule has 0 saturated carbocycles. The second kappa shape index (κ2) is 7.15. The molecule has 2 fully saturated rings. The second-order valence-corrected chi connectivity index (χ2v) is 8.23. The van der Waals surface area contributed by atoms with Gasteiger partial charge in [0.1, 0.15) is 0 Å². The minimum absolute atomic E-state index is 0.313. The van der Waals surface area contributed by atoms with Crippen LogP contribution in [0.4, 0.5) is 5.13 Å². The lowest BCUT2D eigenvalue weighted by Gasteiger charge is -2.37. The van der Waals surface area contributed by atoms with Gasteiger partial charge in [0.05, 0.1) is 11.5 Å². The molecule has 130 valence electrons. The number of aromatic nitrogens is 1. The smallest absolute Gasteiger partial charge is 0.185 e. The molecule has 1 aromatic heterocycles. The molecule has 0 amide bonds. The Balaban J connectivity index is 1.38. The van der Waals surface area contributed by atoms with Crippen LogP contribution in [0.25, 0.3) is 0 Å². The second-order valence-electron chi connectivity index (χ2n) is 7.14. The van der Waals surface area contributed by atoms with Crippen molar-refractivity contribution in [2.75, 3.05) is 31.1 Å². The molecule has 2 saturated heterocycles. The molecule has 2 aliphatic heterocycles. The molecule has 1 aromatic carbocycles. The van der Waals surface area contributed by atoms with Crippen LogP contribution in [0.5, 0.6) is 0 Å². The molecule has 0 N–H and O–H groups in total. The Morgan fingerprint density at radius 3 is 2.48 bits per heavy atom. The molecule has 4 nitrogen and oxygen atoms in total. The first-order chi connectivity index (χ1) is 12.3. The van der Waals surface area contributed by atoms with E-state index in [2.05, 4.69) is 33.0 Å². The van der Waals surface area contributed by atoms with Crippen LogP contribution in [0, 0.1) is 11.3 Å². The molecular weight excluding hydrogens is 328 g/mol. The van der Waals surface area contributed by atoms with Crippen molar-refractivity contribution < 1.29 is 0 Å². The maximum atomic E-state index is 9.81. The molecule has 2 aliphatic rings. The van der Waals surface area contributed by atoms with Gasteiger partial charge in [-0.15, -0.1) is 11.3 Å². The summed E-state index contributed by atoms with van der Waals surface area (Å²) in [5.74, 6) is 0. The van der Waals surface area contributed by atoms with E-state index in [1.807, 2.05) is 35.7 Å². The van der Waals surface area contributed by atoms with Gasteiger partial charge in [-0.3, -0.25) is 4.90 Å². The van der Waals surface area contributed by atoms with Crippen molar-refractivity contribution in [2.45, 2.75) is 37.6 Å². The average Bonchev–Trinajstić information content (AvgIpc) is 3.35. The number of nitriles is 1. The fraction of sp³-hybridized carbons (Fsp3) is 0.500. The minimum Gasteiger partial charge on any atom is -0.348 e. The van der Waals surface area contributed by atoms with Crippen molar-refractivity contribution in [3.05, 3.63) is 47.0 Å². The first-order valence-corrected chi connectivity index (χ1v) is 9.99. The highest BCUT2D eigenvalue weighted by Gasteiger charge is 2.36. The van der Waals surface area contributed by atoms with Crippen LogP contribution in [0.15, 0.2) is 36.5 Å². The Morgan fingerprint density at radius 2 is 1.80 bits per heavy atom. The van der Waals surface area contributed by atoms with E-state index in [0.29, 0.717) is 0 Å². The van der Waals surface area contributed by atoms with Gasteiger partial charge in [-0.05, 0) is 31.2 Å². The van der Waals surface area contributed by atoms with Gasteiger partial charge >= 0.3 is 0 Å². The third kappa shape index (κ3) is 3.42. The van der Waals surface area contributed by atoms with E-state index < -0.39 is 0 Å². The molecule has 3 heterocycles. The molecular formula is C20H24N4S. The van der Waals surface area contributed by atoms with Crippen molar-refractivity contribution in [1.29, 1.82) is 5.26 Å². The van der Waals surface area contributed by atoms with Gasteiger partial charge in [-0.1, -0.05) is 30.3 Å². The number of piperidine rings is 1. The molecule has 5 heteroatoms. The zero-order valence-electron chi connectivity index (χ0n) is 14.5. The topological polar surface area (TPSA) is 43.2 Å². The van der Waals surface area contributed by atoms with Gasteiger partial charge in [0.15, 0.2) is 5.13 Å². The Morgan fingerprint density at radius 1 is 1.08 bits per heavy atom. The molecule has 0 aliphatic carbocycles. The number of benzene rings is 1. The zero-order chi connectivity index (χ0) is 17.1. The van der Waals surface area contributed by atoms with Gasteiger partial charge in [0, 0.05) is 43.8 Å². The van der Waals surface area contributed by atoms with Gasteiger partial charge < -0.3 is 4.90 Å². The van der Waals surface area contributed by atoms with Crippen LogP contribution in [0.3, 0.4) is 0 Å². The van der Waals surface area contributed by atoms with Crippen LogP contribution < -0.4 is 4.90 Å². The minimum atomic E-state index is -0.313. The molecule has 0 unspecified atom stereocenters. The summed E-state index contributed by atoms with van der Waals surface area (Å²) in [5.41, 5.74) is 0.859. The first-order valence-electron chi connectivity index (χ1n) is 9.18. The van der Waals surface area contributed by atoms with Crippen LogP contribution in [-0.4, -0.2) is 36.1 Å². The third-order valence-electron chi connectivity index (χ3n) is 5.55. The molecule has 2 aromatic rings. The molecule has 0 atom stereocenters. The molecule has 0 radical (unpaired) electrons. The number of nitrogens with zero attached hydrogens (tertiary/aromatic N) is 4. The summed E-state index contributed by atoms with van der Waals surface area (Å²) in [6.07, 6.45) is 6.44. The van der Waals surface area contributed by atoms with Crippen molar-refractivity contribution in [3.63, 3.8) is 0 Å². The lowest BCUT2D eigenvalue weighted by Crippen LogP contribution is -2.41. The third-order valence-corrected chi connectivity index (χ3v) is 6.59. The number of hydrogen-bond acceptors (Lipinski definition) is 5. The van der Waals surface area contributed by atoms with E-state index in [1.54, 1.807) is 0 Å². The van der Waals surface area contributed by atoms with E-state index in [1.165, 1.54) is 28.4 Å². The van der Waals surface area contributed by atoms with Crippen molar-refractivity contribution >= 4 is 16.5 Å². The standard InChI is InChI=1S/C20H24N4S/c21-16-20(17-6-2-1-3-7-17)8-12-23(13-9-20)15-18-14-22-19(25-18)24-10-4-5-11-24/h1-3,6-7,14H,4-5,8-13,15H2. The highest BCUT2D eigenvalue weighted by atomic mass is 32.1. The maximum Gasteiger partial charge on any atom is 0.185 e. The van der Waals surface area contributed by atoms with Gasteiger partial charge in [-0.25, -0.2) is 4.98 Å². The fourth-order valence-electron chi connectivity index (χ4n) is 3.96. The summed E-state index contributed by atoms with van der Waals surface area (Å²) in [5, 5.41) is 11.0. The lowest BCUT2D eigenvalue weighted by atomic mass is 9.74. The summed E-state index contributed by atoms with van der Waals surface area (Å²) in [4.78, 5) is 10.8. The maximum absolute atomic E-state index is 9.81. The average molecular weight is 353 g/mol. The Kier molecular flexibility index (Phi) is 4.74. The van der Waals surface area contributed by atoms with Gasteiger partial charge in [0.2, 0.25) is 0 Å². The van der Waals surface area contributed by atoms with Crippen molar-refractivity contribution in [2.24, 2.45) is 0 Å². The summed E-state index contributed by atoms with van der Waals surface area (Å²) in [7, 11) is 0. The van der Waals surface area contributed by atoms with Crippen LogP contribution >= 0.6 is 11.3 Å². The molecule has 0 bridgehead atoms. The zero-order valence-corrected chi connectivity index (χ0v) is 15.3. The highest BCUT2D eigenvalue weighted by Crippen LogP contribution is 2.36. The first kappa shape index (κ1) is 16.6. The Hall–Kier alpha value is -1.90. The van der Waals surface area contributed by atoms with E-state index in [9.17, 15) is 5.26 Å². The van der Waals surface area contributed by atoms with Crippen LogP contribution in [0.1, 0.15) is 36.1 Å². The number of hydrogen-bond donors (Lipinski definition) is 0. The quantitative estimate of drug-likeness (QED) is 0.839. The van der Waals surface area contributed by atoms with Gasteiger partial charge in [-0.2, -0.15) is 5.26 Å². The number of likely N-dealkylation sites (tertiary alicyclic amines) is 1. The summed E-state index contributed by atoms with van der Waals surface area (Å²) >= 11 is 1.83. The van der Waals surface area contributed by atoms with Crippen LogP contribution in [0.2, 0.25) is 0 Å². The monoisotopic (exact) mass is 352 g/mol. The molecule has 0 spiro atoms. The van der Waals surface area contributed by atoms with Crippen molar-refractivity contribution in [3.8, 4) is 6.07 Å². The Bertz CT molecular complexity index is 735. The number of anilines is 1. The Labute approximate surface area is 153 Å². The predicted octanol–water partition coefficient (Wildman–Crippen LogP) is 3.80. The summed E-state index contributed by atoms with van der Waals surface area (Å²) in [6.45, 7) is 5.21. The van der Waals surface area contributed by atoms with Crippen LogP contribution in [-0.2, 0) is 12.0 Å². The van der Waals surface area contributed by atoms with Gasteiger partial charge in [0.25, 0.3) is 0 Å². The summed E-state index contributed by atoms with van der Waals surface area (Å²) < 4.78 is 0. The fourth-order valence-corrected chi connectivity index (χ4v) is 4.96. The number of thiazole rings is 1. The largest absolute Gasteiger partial charge is 0.348 e. The van der Waals surface area contributed by atoms with E-state index in [4.69, 9.17) is 0 Å².